The Kier molecular flexibility index (Phi) is 14.8. The fourth-order valence-electron chi connectivity index (χ4n) is 9.34. The lowest BCUT2D eigenvalue weighted by atomic mass is 9.91. The van der Waals surface area contributed by atoms with Crippen molar-refractivity contribution < 1.29 is 39.8 Å². The molecular formula is C43H58N24O8. The fraction of sp³-hybridized carbons (Fsp3) is 0.558. The minimum Gasteiger partial charge on any atom is -0.483 e. The first-order chi connectivity index (χ1) is 36.4. The molecule has 2 saturated heterocycles. The van der Waals surface area contributed by atoms with Crippen LogP contribution in [-0.4, -0.2) is 180 Å². The molecule has 0 bridgehead atoms. The van der Waals surface area contributed by atoms with Gasteiger partial charge in [0.1, 0.15) is 24.4 Å². The number of hydrogen-bond acceptors (Lipinski definition) is 25. The molecule has 3 fully saturated rings. The van der Waals surface area contributed by atoms with Crippen LogP contribution in [0, 0.1) is 0 Å². The Morgan fingerprint density at radius 2 is 1.03 bits per heavy atom. The number of hydrogen-bond donors (Lipinski definition) is 9. The molecule has 11 rings (SSSR count). The van der Waals surface area contributed by atoms with Crippen LogP contribution < -0.4 is 21.3 Å². The van der Waals surface area contributed by atoms with Gasteiger partial charge >= 0.3 is 0 Å². The third-order valence-corrected chi connectivity index (χ3v) is 13.1. The molecule has 0 amide bonds. The molecule has 0 unspecified atom stereocenters. The van der Waals surface area contributed by atoms with E-state index >= 15 is 0 Å². The molecule has 32 nitrogen and oxygen atoms in total. The van der Waals surface area contributed by atoms with Crippen LogP contribution in [-0.2, 0) is 54.3 Å². The molecule has 32 heteroatoms. The summed E-state index contributed by atoms with van der Waals surface area (Å²) in [4.78, 5) is 48.9. The zero-order valence-electron chi connectivity index (χ0n) is 41.3. The summed E-state index contributed by atoms with van der Waals surface area (Å²) in [6, 6.07) is -0.0247. The largest absolute Gasteiger partial charge is 0.483 e. The summed E-state index contributed by atoms with van der Waals surface area (Å²) < 4.78 is 19.4. The van der Waals surface area contributed by atoms with Gasteiger partial charge in [0.15, 0.2) is 58.6 Å². The lowest BCUT2D eigenvalue weighted by Crippen LogP contribution is -2.33. The summed E-state index contributed by atoms with van der Waals surface area (Å²) in [7, 11) is 3.83. The maximum absolute atomic E-state index is 11.3. The van der Waals surface area contributed by atoms with Crippen molar-refractivity contribution in [3.05, 3.63) is 60.7 Å². The van der Waals surface area contributed by atoms with E-state index in [1.807, 2.05) is 49.5 Å². The summed E-state index contributed by atoms with van der Waals surface area (Å²) in [5, 5.41) is 90.4. The number of nitrogens with zero attached hydrogens (tertiary/aromatic N) is 20. The number of fused-ring (bicyclic) bond motifs is 2. The second-order valence-corrected chi connectivity index (χ2v) is 18.3. The van der Waals surface area contributed by atoms with E-state index in [2.05, 4.69) is 62.1 Å². The predicted molar refractivity (Wildman–Crippen MR) is 260 cm³/mol. The molecule has 9 N–H and O–H groups in total. The number of aryl methyl sites for hydroxylation is 4. The maximum atomic E-state index is 11.3. The minimum absolute atomic E-state index is 0.0123. The molecule has 398 valence electrons. The topological polar surface area (TPSA) is 395 Å². The van der Waals surface area contributed by atoms with Gasteiger partial charge in [0.2, 0.25) is 23.5 Å². The average molecular weight is 1040 g/mol. The van der Waals surface area contributed by atoms with Gasteiger partial charge in [-0.05, 0) is 50.0 Å². The van der Waals surface area contributed by atoms with E-state index < -0.39 is 49.1 Å². The molecule has 10 heterocycles. The summed E-state index contributed by atoms with van der Waals surface area (Å²) in [6.07, 6.45) is 5.02. The zero-order valence-corrected chi connectivity index (χ0v) is 41.3. The zero-order chi connectivity index (χ0) is 52.3. The number of aliphatic hydroxyl groups is 4. The third-order valence-electron chi connectivity index (χ3n) is 13.1. The second kappa shape index (κ2) is 21.9. The van der Waals surface area contributed by atoms with Crippen LogP contribution in [0.25, 0.3) is 22.3 Å². The van der Waals surface area contributed by atoms with Crippen molar-refractivity contribution in [1.82, 2.24) is 98.6 Å². The van der Waals surface area contributed by atoms with E-state index in [0.29, 0.717) is 84.9 Å². The van der Waals surface area contributed by atoms with Gasteiger partial charge in [-0.15, -0.1) is 20.4 Å². The highest BCUT2D eigenvalue weighted by Crippen LogP contribution is 2.41. The number of anilines is 4. The van der Waals surface area contributed by atoms with Gasteiger partial charge in [-0.1, -0.05) is 0 Å². The van der Waals surface area contributed by atoms with Crippen molar-refractivity contribution in [2.24, 2.45) is 14.1 Å². The molecule has 0 aromatic carbocycles. The number of nitrogens with one attached hydrogen (secondary N) is 4. The van der Waals surface area contributed by atoms with E-state index in [-0.39, 0.29) is 30.2 Å². The SMILES string of the molecule is CCn1nnc([C@H]2O[C@@H](n3cnc4c(NC5CCC(Nc6nc(NCCc7cn(C)cn7)nc7c6ncn7[C@@H]6O[C@H](c7nnn(CC)n7)[C@@H](O)[C@H]6O)CC5)nc(NCCc5cn(C)cn5)nc43)[C@H](O)[C@@H]2O)n1.O=CO. The van der Waals surface area contributed by atoms with E-state index in [4.69, 9.17) is 49.3 Å². The Morgan fingerprint density at radius 1 is 0.613 bits per heavy atom. The number of carbonyl (C=O) groups is 1. The van der Waals surface area contributed by atoms with Crippen LogP contribution >= 0.6 is 0 Å². The Balaban J connectivity index is 0.00000209. The molecule has 3 aliphatic rings. The van der Waals surface area contributed by atoms with Crippen LogP contribution in [0.15, 0.2) is 37.7 Å². The van der Waals surface area contributed by atoms with Gasteiger partial charge in [0.25, 0.3) is 6.47 Å². The predicted octanol–water partition coefficient (Wildman–Crippen LogP) is -0.725. The Bertz CT molecular complexity index is 2990. The Morgan fingerprint density at radius 3 is 1.39 bits per heavy atom. The maximum Gasteiger partial charge on any atom is 0.290 e. The van der Waals surface area contributed by atoms with Gasteiger partial charge in [-0.3, -0.25) is 13.9 Å². The number of rotatable bonds is 18. The summed E-state index contributed by atoms with van der Waals surface area (Å²) in [6.45, 7) is 5.40. The average Bonchev–Trinajstić information content (AvgIpc) is 4.30. The van der Waals surface area contributed by atoms with Crippen molar-refractivity contribution in [3.63, 3.8) is 0 Å². The molecule has 8 aromatic heterocycles. The fourth-order valence-corrected chi connectivity index (χ4v) is 9.34. The van der Waals surface area contributed by atoms with Crippen LogP contribution in [0.4, 0.5) is 23.5 Å². The highest BCUT2D eigenvalue weighted by atomic mass is 16.6. The molecule has 2 aliphatic heterocycles. The van der Waals surface area contributed by atoms with Crippen molar-refractivity contribution in [3.8, 4) is 0 Å². The summed E-state index contributed by atoms with van der Waals surface area (Å²) in [5.41, 5.74) is 3.47. The molecule has 1 saturated carbocycles. The number of carboxylic acid groups (broad SMARTS) is 1. The number of ether oxygens (including phenoxy) is 2. The molecule has 8 aromatic rings. The first kappa shape index (κ1) is 50.6. The van der Waals surface area contributed by atoms with Crippen molar-refractivity contribution in [2.75, 3.05) is 34.4 Å². The van der Waals surface area contributed by atoms with Gasteiger partial charge in [0, 0.05) is 64.5 Å². The van der Waals surface area contributed by atoms with Crippen LogP contribution in [0.5, 0.6) is 0 Å². The second-order valence-electron chi connectivity index (χ2n) is 18.3. The normalized spacial score (nSPS) is 24.6. The van der Waals surface area contributed by atoms with Crippen molar-refractivity contribution >= 4 is 52.3 Å². The summed E-state index contributed by atoms with van der Waals surface area (Å²) >= 11 is 0. The smallest absolute Gasteiger partial charge is 0.290 e. The van der Waals surface area contributed by atoms with Gasteiger partial charge < -0.3 is 65.4 Å². The quantitative estimate of drug-likeness (QED) is 0.0479. The number of tetrazole rings is 2. The van der Waals surface area contributed by atoms with Gasteiger partial charge in [0.05, 0.1) is 49.8 Å². The lowest BCUT2D eigenvalue weighted by molar-refractivity contribution is -0.122. The van der Waals surface area contributed by atoms with Crippen LogP contribution in [0.3, 0.4) is 0 Å². The van der Waals surface area contributed by atoms with Crippen LogP contribution in [0.2, 0.25) is 0 Å². The third kappa shape index (κ3) is 10.6. The van der Waals surface area contributed by atoms with E-state index in [9.17, 15) is 20.4 Å². The molecular weight excluding hydrogens is 981 g/mol. The highest BCUT2D eigenvalue weighted by molar-refractivity contribution is 5.85. The monoisotopic (exact) mass is 1040 g/mol. The first-order valence-electron chi connectivity index (χ1n) is 24.5. The number of imidazole rings is 4. The highest BCUT2D eigenvalue weighted by Gasteiger charge is 2.48. The summed E-state index contributed by atoms with van der Waals surface area (Å²) in [5.74, 6) is 1.95. The standard InChI is InChI=1S/C42H56N24O6.CH2O2/c1-5-65-57-35(55-59-65)31-27(67)29(69)39(71-31)63-19-47-25-33(51-41(53-37(25)63)43-13-11-23-15-61(3)17-45-23)49-21-7-9-22(10-8-21)50-34-26-38(54-42(52-34)44-14-12-24-16-62(4)18-46-24)64(20-48-26)40-30(70)28(68)32(72-40)36-56-60-66(6-2)58-36;2-1-3/h15-22,27-32,39-40,67-70H,5-14H2,1-4H3,(H2,43,49,51,53)(H2,44,50,52,54);1H,(H,2,3)/t21?,22?,27-,28-,29+,30+,31-,32-,39+,40+;/m0./s1. The van der Waals surface area contributed by atoms with E-state index in [0.717, 1.165) is 37.1 Å². The van der Waals surface area contributed by atoms with E-state index in [1.165, 1.54) is 22.2 Å². The van der Waals surface area contributed by atoms with E-state index in [1.54, 1.807) is 21.8 Å². The minimum atomic E-state index is -1.36. The molecule has 0 radical (unpaired) electrons. The lowest BCUT2D eigenvalue weighted by Gasteiger charge is -2.30. The number of aliphatic hydroxyl groups excluding tert-OH is 4. The van der Waals surface area contributed by atoms with Crippen molar-refractivity contribution in [1.29, 1.82) is 0 Å². The molecule has 0 spiro atoms. The first-order valence-corrected chi connectivity index (χ1v) is 24.5. The van der Waals surface area contributed by atoms with Gasteiger partial charge in [-0.2, -0.15) is 29.5 Å². The Hall–Kier alpha value is -7.91. The van der Waals surface area contributed by atoms with Crippen molar-refractivity contribution in [2.45, 2.75) is 127 Å². The number of aromatic nitrogens is 20. The Labute approximate surface area is 425 Å². The molecule has 8 atom stereocenters. The molecule has 75 heavy (non-hydrogen) atoms. The van der Waals surface area contributed by atoms with Crippen LogP contribution in [0.1, 0.15) is 87.2 Å². The van der Waals surface area contributed by atoms with Gasteiger partial charge in [-0.25, -0.2) is 19.9 Å². The molecule has 1 aliphatic carbocycles.